The summed E-state index contributed by atoms with van der Waals surface area (Å²) in [7, 11) is 0. The van der Waals surface area contributed by atoms with Crippen molar-refractivity contribution >= 4 is 27.6 Å². The van der Waals surface area contributed by atoms with E-state index in [1.807, 2.05) is 6.07 Å². The van der Waals surface area contributed by atoms with Crippen LogP contribution in [0.3, 0.4) is 0 Å². The van der Waals surface area contributed by atoms with Crippen molar-refractivity contribution in [3.63, 3.8) is 0 Å². The number of anilines is 1. The monoisotopic (exact) mass is 237 g/mol. The van der Waals surface area contributed by atoms with Crippen LogP contribution in [0.25, 0.3) is 21.9 Å². The average Bonchev–Trinajstić information content (AvgIpc) is 2.77. The molecule has 1 aliphatic carbocycles. The first-order valence-electron chi connectivity index (χ1n) is 6.52. The van der Waals surface area contributed by atoms with Crippen LogP contribution < -0.4 is 5.73 Å². The predicted octanol–water partition coefficient (Wildman–Crippen LogP) is 3.18. The predicted molar refractivity (Wildman–Crippen MR) is 74.7 cm³/mol. The molecule has 3 aromatic rings. The third-order valence-corrected chi connectivity index (χ3v) is 3.97. The highest BCUT2D eigenvalue weighted by atomic mass is 14.9. The van der Waals surface area contributed by atoms with E-state index in [1.165, 1.54) is 29.5 Å². The zero-order valence-electron chi connectivity index (χ0n) is 10.2. The lowest BCUT2D eigenvalue weighted by molar-refractivity contribution is 0.672. The molecule has 1 aliphatic rings. The molecular weight excluding hydrogens is 222 g/mol. The summed E-state index contributed by atoms with van der Waals surface area (Å²) in [5, 5.41) is 2.29. The van der Waals surface area contributed by atoms with Crippen LogP contribution in [0, 0.1) is 0 Å². The van der Waals surface area contributed by atoms with Crippen LogP contribution in [0.1, 0.15) is 24.1 Å². The van der Waals surface area contributed by atoms with E-state index >= 15 is 0 Å². The lowest BCUT2D eigenvalue weighted by atomic mass is 9.93. The number of hydrogen-bond donors (Lipinski definition) is 2. The van der Waals surface area contributed by atoms with Crippen LogP contribution in [0.4, 0.5) is 5.69 Å². The van der Waals surface area contributed by atoms with E-state index in [2.05, 4.69) is 23.2 Å². The minimum absolute atomic E-state index is 0.937. The van der Waals surface area contributed by atoms with Gasteiger partial charge >= 0.3 is 0 Å². The Labute approximate surface area is 105 Å². The van der Waals surface area contributed by atoms with Gasteiger partial charge in [0.2, 0.25) is 0 Å². The maximum absolute atomic E-state index is 6.39. The molecule has 0 bridgehead atoms. The van der Waals surface area contributed by atoms with Gasteiger partial charge in [-0.3, -0.25) is 0 Å². The Hall–Kier alpha value is -2.03. The van der Waals surface area contributed by atoms with E-state index in [9.17, 15) is 0 Å². The lowest BCUT2D eigenvalue weighted by Gasteiger charge is -2.17. The summed E-state index contributed by atoms with van der Waals surface area (Å²) >= 11 is 0. The maximum atomic E-state index is 6.39. The number of aryl methyl sites for hydroxylation is 1. The summed E-state index contributed by atoms with van der Waals surface area (Å²) in [6, 6.07) is 8.28. The number of fused-ring (bicyclic) bond motifs is 4. The molecule has 1 aromatic carbocycles. The van der Waals surface area contributed by atoms with Gasteiger partial charge in [-0.25, -0.2) is 4.98 Å². The lowest BCUT2D eigenvalue weighted by Crippen LogP contribution is -2.09. The minimum Gasteiger partial charge on any atom is -0.398 e. The highest BCUT2D eigenvalue weighted by Gasteiger charge is 2.18. The van der Waals surface area contributed by atoms with Crippen LogP contribution in [-0.2, 0) is 12.8 Å². The molecule has 90 valence electrons. The van der Waals surface area contributed by atoms with Gasteiger partial charge < -0.3 is 10.7 Å². The molecule has 4 rings (SSSR count). The van der Waals surface area contributed by atoms with Crippen molar-refractivity contribution in [3.8, 4) is 0 Å². The van der Waals surface area contributed by atoms with Gasteiger partial charge in [0.1, 0.15) is 5.65 Å². The molecule has 0 saturated carbocycles. The van der Waals surface area contributed by atoms with Crippen molar-refractivity contribution < 1.29 is 0 Å². The van der Waals surface area contributed by atoms with Gasteiger partial charge in [-0.1, -0.05) is 18.2 Å². The Morgan fingerprint density at radius 1 is 1.11 bits per heavy atom. The molecule has 0 atom stereocenters. The zero-order chi connectivity index (χ0) is 12.1. The fourth-order valence-electron chi connectivity index (χ4n) is 3.07. The summed E-state index contributed by atoms with van der Waals surface area (Å²) in [5.74, 6) is 0. The van der Waals surface area contributed by atoms with Crippen LogP contribution in [-0.4, -0.2) is 9.97 Å². The van der Waals surface area contributed by atoms with Crippen molar-refractivity contribution in [2.24, 2.45) is 0 Å². The molecule has 3 nitrogen and oxygen atoms in total. The van der Waals surface area contributed by atoms with Gasteiger partial charge in [0.15, 0.2) is 0 Å². The van der Waals surface area contributed by atoms with Crippen LogP contribution in [0.5, 0.6) is 0 Å². The van der Waals surface area contributed by atoms with Crippen LogP contribution >= 0.6 is 0 Å². The van der Waals surface area contributed by atoms with Gasteiger partial charge in [-0.2, -0.15) is 0 Å². The number of pyridine rings is 1. The number of nitrogen functional groups attached to an aromatic ring is 1. The van der Waals surface area contributed by atoms with Gasteiger partial charge in [0, 0.05) is 27.7 Å². The van der Waals surface area contributed by atoms with Crippen LogP contribution in [0.2, 0.25) is 0 Å². The summed E-state index contributed by atoms with van der Waals surface area (Å²) in [6.07, 6.45) is 4.59. The van der Waals surface area contributed by atoms with E-state index in [0.29, 0.717) is 0 Å². The topological polar surface area (TPSA) is 54.7 Å². The molecule has 2 heterocycles. The number of nitrogens with zero attached hydrogens (tertiary/aromatic N) is 1. The molecule has 2 aromatic heterocycles. The smallest absolute Gasteiger partial charge is 0.140 e. The number of benzene rings is 1. The summed E-state index contributed by atoms with van der Waals surface area (Å²) in [6.45, 7) is 0. The van der Waals surface area contributed by atoms with E-state index in [4.69, 9.17) is 10.7 Å². The first-order valence-corrected chi connectivity index (χ1v) is 6.52. The Balaban J connectivity index is 2.18. The van der Waals surface area contributed by atoms with E-state index in [1.54, 1.807) is 0 Å². The van der Waals surface area contributed by atoms with Gasteiger partial charge in [-0.05, 0) is 37.3 Å². The average molecular weight is 237 g/mol. The molecule has 0 amide bonds. The van der Waals surface area contributed by atoms with E-state index < -0.39 is 0 Å². The van der Waals surface area contributed by atoms with E-state index in [0.717, 1.165) is 35.1 Å². The Morgan fingerprint density at radius 3 is 2.89 bits per heavy atom. The largest absolute Gasteiger partial charge is 0.398 e. The molecule has 18 heavy (non-hydrogen) atoms. The number of nitrogens with two attached hydrogens (primary N) is 1. The second kappa shape index (κ2) is 3.48. The first-order chi connectivity index (χ1) is 8.84. The molecule has 0 radical (unpaired) electrons. The molecule has 0 aliphatic heterocycles. The Kier molecular flexibility index (Phi) is 1.92. The SMILES string of the molecule is Nc1c2c(nc3[nH]c4ccccc4c13)CCCC2. The van der Waals surface area contributed by atoms with Gasteiger partial charge in [0.05, 0.1) is 0 Å². The Bertz CT molecular complexity index is 755. The molecule has 0 saturated heterocycles. The van der Waals surface area contributed by atoms with Crippen molar-refractivity contribution in [3.05, 3.63) is 35.5 Å². The standard InChI is InChI=1S/C15H15N3/c16-14-10-6-2-4-8-12(10)18-15-13(14)9-5-1-3-7-11(9)17-15/h1,3,5,7H,2,4,6,8H2,(H3,16,17,18). The molecule has 3 N–H and O–H groups in total. The molecule has 0 spiro atoms. The fourth-order valence-corrected chi connectivity index (χ4v) is 3.07. The third kappa shape index (κ3) is 1.22. The first kappa shape index (κ1) is 9.95. The van der Waals surface area contributed by atoms with Crippen molar-refractivity contribution in [1.29, 1.82) is 0 Å². The molecule has 3 heteroatoms. The number of H-pyrrole nitrogens is 1. The van der Waals surface area contributed by atoms with Crippen LogP contribution in [0.15, 0.2) is 24.3 Å². The summed E-state index contributed by atoms with van der Waals surface area (Å²) < 4.78 is 0. The second-order valence-electron chi connectivity index (χ2n) is 5.05. The molecular formula is C15H15N3. The number of nitrogens with one attached hydrogen (secondary N) is 1. The Morgan fingerprint density at radius 2 is 1.94 bits per heavy atom. The molecule has 0 fully saturated rings. The maximum Gasteiger partial charge on any atom is 0.140 e. The van der Waals surface area contributed by atoms with Crippen molar-refractivity contribution in [1.82, 2.24) is 9.97 Å². The normalized spacial score (nSPS) is 15.1. The summed E-state index contributed by atoms with van der Waals surface area (Å²) in [5.41, 5.74) is 11.9. The number of hydrogen-bond acceptors (Lipinski definition) is 2. The van der Waals surface area contributed by atoms with E-state index in [-0.39, 0.29) is 0 Å². The van der Waals surface area contributed by atoms with Crippen molar-refractivity contribution in [2.75, 3.05) is 5.73 Å². The number of para-hydroxylation sites is 1. The minimum atomic E-state index is 0.937. The highest BCUT2D eigenvalue weighted by molar-refractivity contribution is 6.12. The number of rotatable bonds is 0. The number of aromatic nitrogens is 2. The third-order valence-electron chi connectivity index (χ3n) is 3.97. The quantitative estimate of drug-likeness (QED) is 0.631. The second-order valence-corrected chi connectivity index (χ2v) is 5.05. The highest BCUT2D eigenvalue weighted by Crippen LogP contribution is 2.35. The van der Waals surface area contributed by atoms with Crippen molar-refractivity contribution in [2.45, 2.75) is 25.7 Å². The number of aromatic amines is 1. The summed E-state index contributed by atoms with van der Waals surface area (Å²) in [4.78, 5) is 8.16. The fraction of sp³-hybridized carbons (Fsp3) is 0.267. The van der Waals surface area contributed by atoms with Gasteiger partial charge in [0.25, 0.3) is 0 Å². The zero-order valence-corrected chi connectivity index (χ0v) is 10.2. The molecule has 0 unspecified atom stereocenters. The van der Waals surface area contributed by atoms with Gasteiger partial charge in [-0.15, -0.1) is 0 Å².